The quantitative estimate of drug-likeness (QED) is 0.345. The predicted octanol–water partition coefficient (Wildman–Crippen LogP) is 1.98. The number of non-ortho nitro benzene ring substituents is 1. The van der Waals surface area contributed by atoms with Gasteiger partial charge in [-0.2, -0.15) is 0 Å². The molecule has 0 bridgehead atoms. The number of nitrogens with zero attached hydrogens (tertiary/aromatic N) is 1. The number of carbonyl (C=O) groups excluding carboxylic acids is 2. The first-order valence-corrected chi connectivity index (χ1v) is 5.36. The van der Waals surface area contributed by atoms with Crippen molar-refractivity contribution in [2.24, 2.45) is 5.92 Å². The third-order valence-electron chi connectivity index (χ3n) is 2.33. The van der Waals surface area contributed by atoms with E-state index in [4.69, 9.17) is 4.74 Å². The fourth-order valence-corrected chi connectivity index (χ4v) is 1.26. The molecular weight excluding hydrogens is 238 g/mol. The first-order valence-electron chi connectivity index (χ1n) is 5.36. The smallest absolute Gasteiger partial charge is 0.339 e. The molecule has 0 fully saturated rings. The van der Waals surface area contributed by atoms with Gasteiger partial charge in [0.05, 0.1) is 10.5 Å². The summed E-state index contributed by atoms with van der Waals surface area (Å²) in [5.41, 5.74) is -0.145. The molecule has 18 heavy (non-hydrogen) atoms. The van der Waals surface area contributed by atoms with Crippen LogP contribution in [0.1, 0.15) is 24.2 Å². The van der Waals surface area contributed by atoms with Gasteiger partial charge in [-0.3, -0.25) is 14.9 Å². The number of benzene rings is 1. The summed E-state index contributed by atoms with van der Waals surface area (Å²) in [6, 6.07) is 5.18. The van der Waals surface area contributed by atoms with Crippen LogP contribution < -0.4 is 0 Å². The van der Waals surface area contributed by atoms with Crippen LogP contribution in [0.3, 0.4) is 0 Å². The number of carbonyl (C=O) groups is 2. The standard InChI is InChI=1S/C12H13NO5/c1-8(2)11(7-14)18-12(15)9-4-3-5-10(6-9)13(16)17/h3-8,11H,1-2H3. The highest BCUT2D eigenvalue weighted by Crippen LogP contribution is 2.15. The lowest BCUT2D eigenvalue weighted by molar-refractivity contribution is -0.384. The Morgan fingerprint density at radius 3 is 2.61 bits per heavy atom. The van der Waals surface area contributed by atoms with Crippen LogP contribution >= 0.6 is 0 Å². The topological polar surface area (TPSA) is 86.5 Å². The van der Waals surface area contributed by atoms with Crippen LogP contribution in [0.25, 0.3) is 0 Å². The second kappa shape index (κ2) is 5.90. The molecule has 6 nitrogen and oxygen atoms in total. The van der Waals surface area contributed by atoms with Crippen molar-refractivity contribution in [2.75, 3.05) is 0 Å². The summed E-state index contributed by atoms with van der Waals surface area (Å²) in [7, 11) is 0. The Morgan fingerprint density at radius 2 is 2.11 bits per heavy atom. The lowest BCUT2D eigenvalue weighted by Crippen LogP contribution is -2.25. The molecule has 6 heteroatoms. The highest BCUT2D eigenvalue weighted by molar-refractivity contribution is 5.91. The molecule has 0 N–H and O–H groups in total. The third kappa shape index (κ3) is 3.38. The van der Waals surface area contributed by atoms with Gasteiger partial charge in [-0.25, -0.2) is 4.79 Å². The molecule has 0 radical (unpaired) electrons. The fourth-order valence-electron chi connectivity index (χ4n) is 1.26. The van der Waals surface area contributed by atoms with Crippen LogP contribution in [0.4, 0.5) is 5.69 Å². The zero-order chi connectivity index (χ0) is 13.7. The van der Waals surface area contributed by atoms with E-state index in [1.807, 2.05) is 0 Å². The van der Waals surface area contributed by atoms with Crippen molar-refractivity contribution in [3.63, 3.8) is 0 Å². The molecule has 0 saturated heterocycles. The molecule has 0 aliphatic rings. The number of ether oxygens (including phenoxy) is 1. The Balaban J connectivity index is 2.87. The highest BCUT2D eigenvalue weighted by Gasteiger charge is 2.19. The van der Waals surface area contributed by atoms with Crippen molar-refractivity contribution in [1.82, 2.24) is 0 Å². The number of hydrogen-bond donors (Lipinski definition) is 0. The molecule has 1 unspecified atom stereocenters. The SMILES string of the molecule is CC(C)C(C=O)OC(=O)c1cccc([N+](=O)[O-])c1. The number of rotatable bonds is 5. The minimum Gasteiger partial charge on any atom is -0.451 e. The second-order valence-corrected chi connectivity index (χ2v) is 4.06. The minimum atomic E-state index is -0.850. The molecule has 1 atom stereocenters. The van der Waals surface area contributed by atoms with Crippen LogP contribution in [0, 0.1) is 16.0 Å². The van der Waals surface area contributed by atoms with E-state index in [1.165, 1.54) is 18.2 Å². The van der Waals surface area contributed by atoms with Gasteiger partial charge in [0.2, 0.25) is 0 Å². The zero-order valence-corrected chi connectivity index (χ0v) is 10.0. The maximum Gasteiger partial charge on any atom is 0.339 e. The van der Waals surface area contributed by atoms with E-state index < -0.39 is 17.0 Å². The second-order valence-electron chi connectivity index (χ2n) is 4.06. The largest absolute Gasteiger partial charge is 0.451 e. The summed E-state index contributed by atoms with van der Waals surface area (Å²) in [6.07, 6.45) is -0.309. The van der Waals surface area contributed by atoms with Gasteiger partial charge >= 0.3 is 5.97 Å². The molecule has 0 aliphatic carbocycles. The number of hydrogen-bond acceptors (Lipinski definition) is 5. The van der Waals surface area contributed by atoms with E-state index >= 15 is 0 Å². The minimum absolute atomic E-state index is 0.0525. The number of aldehydes is 1. The van der Waals surface area contributed by atoms with Gasteiger partial charge in [-0.05, 0) is 12.0 Å². The van der Waals surface area contributed by atoms with Crippen molar-refractivity contribution in [3.8, 4) is 0 Å². The molecule has 0 aromatic heterocycles. The summed E-state index contributed by atoms with van der Waals surface area (Å²) in [6.45, 7) is 3.47. The Labute approximate surface area is 104 Å². The maximum absolute atomic E-state index is 11.7. The van der Waals surface area contributed by atoms with Crippen LogP contribution in [-0.2, 0) is 9.53 Å². The number of esters is 1. The van der Waals surface area contributed by atoms with Gasteiger partial charge in [-0.15, -0.1) is 0 Å². The zero-order valence-electron chi connectivity index (χ0n) is 10.0. The Kier molecular flexibility index (Phi) is 4.53. The van der Waals surface area contributed by atoms with Crippen molar-refractivity contribution >= 4 is 17.9 Å². The van der Waals surface area contributed by atoms with Crippen LogP contribution in [0.15, 0.2) is 24.3 Å². The molecule has 1 aromatic rings. The Morgan fingerprint density at radius 1 is 1.44 bits per heavy atom. The average Bonchev–Trinajstić information content (AvgIpc) is 2.35. The lowest BCUT2D eigenvalue weighted by atomic mass is 10.1. The van der Waals surface area contributed by atoms with Crippen LogP contribution in [0.5, 0.6) is 0 Å². The molecule has 1 rings (SSSR count). The van der Waals surface area contributed by atoms with Gasteiger partial charge in [0, 0.05) is 12.1 Å². The Bertz CT molecular complexity index is 469. The monoisotopic (exact) mass is 251 g/mol. The van der Waals surface area contributed by atoms with Crippen molar-refractivity contribution in [3.05, 3.63) is 39.9 Å². The van der Waals surface area contributed by atoms with E-state index in [-0.39, 0.29) is 17.2 Å². The summed E-state index contributed by atoms with van der Waals surface area (Å²) in [5.74, 6) is -0.894. The molecule has 0 heterocycles. The summed E-state index contributed by atoms with van der Waals surface area (Å²) >= 11 is 0. The summed E-state index contributed by atoms with van der Waals surface area (Å²) in [5, 5.41) is 10.6. The molecule has 0 spiro atoms. The summed E-state index contributed by atoms with van der Waals surface area (Å²) in [4.78, 5) is 32.4. The normalized spacial score (nSPS) is 11.9. The van der Waals surface area contributed by atoms with Crippen molar-refractivity contribution in [2.45, 2.75) is 20.0 Å². The van der Waals surface area contributed by atoms with E-state index in [9.17, 15) is 19.7 Å². The predicted molar refractivity (Wildman–Crippen MR) is 63.2 cm³/mol. The Hall–Kier alpha value is -2.24. The van der Waals surface area contributed by atoms with E-state index in [2.05, 4.69) is 0 Å². The molecule has 96 valence electrons. The number of nitro benzene ring substituents is 1. The van der Waals surface area contributed by atoms with E-state index in [0.717, 1.165) is 6.07 Å². The van der Waals surface area contributed by atoms with Gasteiger partial charge in [0.25, 0.3) is 5.69 Å². The molecule has 0 amide bonds. The maximum atomic E-state index is 11.7. The van der Waals surface area contributed by atoms with Crippen molar-refractivity contribution in [1.29, 1.82) is 0 Å². The fraction of sp³-hybridized carbons (Fsp3) is 0.333. The van der Waals surface area contributed by atoms with Gasteiger partial charge in [0.15, 0.2) is 12.4 Å². The number of nitro groups is 1. The van der Waals surface area contributed by atoms with Crippen LogP contribution in [0.2, 0.25) is 0 Å². The first kappa shape index (κ1) is 13.8. The average molecular weight is 251 g/mol. The van der Waals surface area contributed by atoms with E-state index in [0.29, 0.717) is 6.29 Å². The van der Waals surface area contributed by atoms with Gasteiger partial charge in [0.1, 0.15) is 0 Å². The van der Waals surface area contributed by atoms with Gasteiger partial charge in [-0.1, -0.05) is 19.9 Å². The summed E-state index contributed by atoms with van der Waals surface area (Å²) < 4.78 is 4.95. The third-order valence-corrected chi connectivity index (χ3v) is 2.33. The molecular formula is C12H13NO5. The molecule has 1 aromatic carbocycles. The van der Waals surface area contributed by atoms with Crippen molar-refractivity contribution < 1.29 is 19.2 Å². The van der Waals surface area contributed by atoms with E-state index in [1.54, 1.807) is 13.8 Å². The first-order chi connectivity index (χ1) is 8.45. The van der Waals surface area contributed by atoms with Crippen LogP contribution in [-0.4, -0.2) is 23.3 Å². The van der Waals surface area contributed by atoms with Gasteiger partial charge < -0.3 is 4.74 Å². The molecule has 0 saturated carbocycles. The highest BCUT2D eigenvalue weighted by atomic mass is 16.6. The molecule has 0 aliphatic heterocycles. The lowest BCUT2D eigenvalue weighted by Gasteiger charge is -2.15.